The summed E-state index contributed by atoms with van der Waals surface area (Å²) >= 11 is 0. The highest BCUT2D eigenvalue weighted by atomic mass is 16.5. The van der Waals surface area contributed by atoms with Gasteiger partial charge in [0.1, 0.15) is 0 Å². The second-order valence-electron chi connectivity index (χ2n) is 5.40. The number of nitrogens with zero attached hydrogens (tertiary/aromatic N) is 2. The first-order valence-corrected chi connectivity index (χ1v) is 7.84. The van der Waals surface area contributed by atoms with Crippen LogP contribution in [-0.4, -0.2) is 42.7 Å². The molecule has 1 saturated heterocycles. The smallest absolute Gasteiger partial charge is 0.0888 e. The Kier molecular flexibility index (Phi) is 6.98. The molecule has 0 bridgehead atoms. The van der Waals surface area contributed by atoms with E-state index in [-0.39, 0.29) is 0 Å². The van der Waals surface area contributed by atoms with Crippen LogP contribution in [0.3, 0.4) is 0 Å². The van der Waals surface area contributed by atoms with Crippen LogP contribution in [0, 0.1) is 0 Å². The Morgan fingerprint density at radius 3 is 2.85 bits per heavy atom. The number of aromatic nitrogens is 1. The van der Waals surface area contributed by atoms with Gasteiger partial charge in [-0.05, 0) is 51.0 Å². The van der Waals surface area contributed by atoms with Gasteiger partial charge in [-0.3, -0.25) is 4.98 Å². The monoisotopic (exact) mass is 277 g/mol. The van der Waals surface area contributed by atoms with Crippen LogP contribution in [0.15, 0.2) is 18.2 Å². The lowest BCUT2D eigenvalue weighted by Gasteiger charge is -2.14. The van der Waals surface area contributed by atoms with Crippen molar-refractivity contribution in [3.8, 4) is 0 Å². The Morgan fingerprint density at radius 2 is 2.05 bits per heavy atom. The van der Waals surface area contributed by atoms with Gasteiger partial charge in [0, 0.05) is 13.1 Å². The quantitative estimate of drug-likeness (QED) is 0.702. The average Bonchev–Trinajstić information content (AvgIpc) is 2.98. The van der Waals surface area contributed by atoms with Gasteiger partial charge in [0.15, 0.2) is 0 Å². The summed E-state index contributed by atoms with van der Waals surface area (Å²) in [6, 6.07) is 6.17. The maximum Gasteiger partial charge on any atom is 0.0888 e. The molecular formula is C16H27N3O. The third-order valence-corrected chi connectivity index (χ3v) is 3.60. The molecule has 1 aliphatic heterocycles. The minimum absolute atomic E-state index is 0.620. The van der Waals surface area contributed by atoms with Gasteiger partial charge in [-0.1, -0.05) is 13.0 Å². The van der Waals surface area contributed by atoms with Crippen LogP contribution < -0.4 is 5.32 Å². The minimum Gasteiger partial charge on any atom is -0.374 e. The zero-order valence-electron chi connectivity index (χ0n) is 12.6. The van der Waals surface area contributed by atoms with E-state index in [1.165, 1.54) is 25.9 Å². The number of ether oxygens (including phenoxy) is 1. The van der Waals surface area contributed by atoms with E-state index in [0.29, 0.717) is 6.61 Å². The normalized spacial score (nSPS) is 15.8. The molecule has 0 aromatic carbocycles. The van der Waals surface area contributed by atoms with Gasteiger partial charge in [-0.15, -0.1) is 0 Å². The molecule has 4 heteroatoms. The summed E-state index contributed by atoms with van der Waals surface area (Å²) < 4.78 is 5.74. The Morgan fingerprint density at radius 1 is 1.25 bits per heavy atom. The highest BCUT2D eigenvalue weighted by molar-refractivity contribution is 5.10. The van der Waals surface area contributed by atoms with Crippen LogP contribution in [0.5, 0.6) is 0 Å². The number of likely N-dealkylation sites (tertiary alicyclic amines) is 1. The van der Waals surface area contributed by atoms with Crippen molar-refractivity contribution < 1.29 is 4.74 Å². The van der Waals surface area contributed by atoms with Crippen LogP contribution in [0.4, 0.5) is 0 Å². The van der Waals surface area contributed by atoms with Gasteiger partial charge in [-0.25, -0.2) is 0 Å². The second kappa shape index (κ2) is 9.06. The van der Waals surface area contributed by atoms with Crippen molar-refractivity contribution in [3.63, 3.8) is 0 Å². The summed E-state index contributed by atoms with van der Waals surface area (Å²) in [5.74, 6) is 0. The van der Waals surface area contributed by atoms with Crippen molar-refractivity contribution in [2.75, 3.05) is 32.8 Å². The summed E-state index contributed by atoms with van der Waals surface area (Å²) in [5.41, 5.74) is 2.13. The Balaban J connectivity index is 1.65. The molecule has 2 rings (SSSR count). The van der Waals surface area contributed by atoms with Gasteiger partial charge in [-0.2, -0.15) is 0 Å². The fourth-order valence-corrected chi connectivity index (χ4v) is 2.48. The van der Waals surface area contributed by atoms with E-state index in [2.05, 4.69) is 34.3 Å². The molecule has 4 nitrogen and oxygen atoms in total. The van der Waals surface area contributed by atoms with E-state index in [1.807, 2.05) is 6.07 Å². The summed E-state index contributed by atoms with van der Waals surface area (Å²) in [7, 11) is 0. The number of rotatable bonds is 9. The van der Waals surface area contributed by atoms with Gasteiger partial charge in [0.05, 0.1) is 24.6 Å². The summed E-state index contributed by atoms with van der Waals surface area (Å²) in [6.45, 7) is 9.01. The third-order valence-electron chi connectivity index (χ3n) is 3.60. The average molecular weight is 277 g/mol. The molecule has 20 heavy (non-hydrogen) atoms. The predicted octanol–water partition coefficient (Wildman–Crippen LogP) is 2.19. The van der Waals surface area contributed by atoms with Crippen LogP contribution in [0.2, 0.25) is 0 Å². The van der Waals surface area contributed by atoms with Crippen molar-refractivity contribution in [1.82, 2.24) is 15.2 Å². The molecule has 1 aliphatic rings. The van der Waals surface area contributed by atoms with E-state index < -0.39 is 0 Å². The van der Waals surface area contributed by atoms with Crippen LogP contribution in [-0.2, 0) is 17.9 Å². The third kappa shape index (κ3) is 5.57. The van der Waals surface area contributed by atoms with Crippen LogP contribution in [0.25, 0.3) is 0 Å². The van der Waals surface area contributed by atoms with E-state index in [9.17, 15) is 0 Å². The fourth-order valence-electron chi connectivity index (χ4n) is 2.48. The van der Waals surface area contributed by atoms with E-state index in [1.54, 1.807) is 0 Å². The minimum atomic E-state index is 0.620. The largest absolute Gasteiger partial charge is 0.374 e. The highest BCUT2D eigenvalue weighted by Gasteiger charge is 2.10. The van der Waals surface area contributed by atoms with E-state index in [0.717, 1.165) is 44.0 Å². The van der Waals surface area contributed by atoms with Gasteiger partial charge >= 0.3 is 0 Å². The van der Waals surface area contributed by atoms with Crippen LogP contribution in [0.1, 0.15) is 37.6 Å². The molecule has 0 atom stereocenters. The summed E-state index contributed by atoms with van der Waals surface area (Å²) in [4.78, 5) is 7.08. The van der Waals surface area contributed by atoms with Crippen molar-refractivity contribution >= 4 is 0 Å². The van der Waals surface area contributed by atoms with Gasteiger partial charge in [0.25, 0.3) is 0 Å². The molecule has 1 fully saturated rings. The molecule has 1 aromatic heterocycles. The maximum atomic E-state index is 5.74. The van der Waals surface area contributed by atoms with Crippen molar-refractivity contribution in [2.45, 2.75) is 39.3 Å². The Labute approximate surface area is 122 Å². The molecule has 1 aromatic rings. The summed E-state index contributed by atoms with van der Waals surface area (Å²) in [6.07, 6.45) is 3.84. The number of nitrogens with one attached hydrogen (secondary N) is 1. The topological polar surface area (TPSA) is 37.4 Å². The molecule has 0 spiro atoms. The lowest BCUT2D eigenvalue weighted by atomic mass is 10.3. The SMILES string of the molecule is CCCNCc1cccc(COCCN2CCCC2)n1. The molecule has 1 N–H and O–H groups in total. The molecule has 2 heterocycles. The lowest BCUT2D eigenvalue weighted by molar-refractivity contribution is 0.0970. The zero-order valence-corrected chi connectivity index (χ0v) is 12.6. The van der Waals surface area contributed by atoms with Crippen LogP contribution >= 0.6 is 0 Å². The van der Waals surface area contributed by atoms with Gasteiger partial charge in [0.2, 0.25) is 0 Å². The fraction of sp³-hybridized carbons (Fsp3) is 0.688. The van der Waals surface area contributed by atoms with E-state index in [4.69, 9.17) is 4.74 Å². The molecule has 0 unspecified atom stereocenters. The first-order chi connectivity index (χ1) is 9.88. The molecular weight excluding hydrogens is 250 g/mol. The first-order valence-electron chi connectivity index (χ1n) is 7.84. The molecule has 0 amide bonds. The number of pyridine rings is 1. The number of hydrogen-bond donors (Lipinski definition) is 1. The molecule has 0 aliphatic carbocycles. The van der Waals surface area contributed by atoms with E-state index >= 15 is 0 Å². The zero-order chi connectivity index (χ0) is 14.0. The highest BCUT2D eigenvalue weighted by Crippen LogP contribution is 2.07. The summed E-state index contributed by atoms with van der Waals surface area (Å²) in [5, 5.41) is 3.37. The Hall–Kier alpha value is -0.970. The van der Waals surface area contributed by atoms with Gasteiger partial charge < -0.3 is 15.0 Å². The first kappa shape index (κ1) is 15.4. The van der Waals surface area contributed by atoms with Crippen molar-refractivity contribution in [1.29, 1.82) is 0 Å². The predicted molar refractivity (Wildman–Crippen MR) is 81.6 cm³/mol. The second-order valence-corrected chi connectivity index (χ2v) is 5.40. The number of hydrogen-bond acceptors (Lipinski definition) is 4. The van der Waals surface area contributed by atoms with Crippen molar-refractivity contribution in [3.05, 3.63) is 29.6 Å². The molecule has 112 valence electrons. The lowest BCUT2D eigenvalue weighted by Crippen LogP contribution is -2.24. The molecule has 0 radical (unpaired) electrons. The van der Waals surface area contributed by atoms with Crippen molar-refractivity contribution in [2.24, 2.45) is 0 Å². The molecule has 0 saturated carbocycles. The maximum absolute atomic E-state index is 5.74. The standard InChI is InChI=1S/C16H27N3O/c1-2-8-17-13-15-6-5-7-16(18-15)14-20-12-11-19-9-3-4-10-19/h5-7,17H,2-4,8-14H2,1H3. The Bertz CT molecular complexity index is 378.